The third-order valence-electron chi connectivity index (χ3n) is 4.78. The van der Waals surface area contributed by atoms with Crippen LogP contribution in [0.2, 0.25) is 5.15 Å². The molecule has 1 aliphatic rings. The largest absolute Gasteiger partial charge is 0.372 e. The van der Waals surface area contributed by atoms with Crippen LogP contribution in [0.25, 0.3) is 16.7 Å². The minimum atomic E-state index is -0.270. The molecule has 0 unspecified atom stereocenters. The second-order valence-electron chi connectivity index (χ2n) is 6.52. The lowest BCUT2D eigenvalue weighted by molar-refractivity contribution is 0.107. The molecule has 28 heavy (non-hydrogen) atoms. The van der Waals surface area contributed by atoms with E-state index in [4.69, 9.17) is 16.3 Å². The van der Waals surface area contributed by atoms with Gasteiger partial charge in [-0.15, -0.1) is 5.10 Å². The molecule has 0 bridgehead atoms. The van der Waals surface area contributed by atoms with Gasteiger partial charge in [-0.2, -0.15) is 0 Å². The third-order valence-corrected chi connectivity index (χ3v) is 5.06. The number of nitrogens with one attached hydrogen (secondary N) is 1. The van der Waals surface area contributed by atoms with Gasteiger partial charge in [0.2, 0.25) is 0 Å². The fraction of sp³-hybridized carbons (Fsp3) is 0.150. The Labute approximate surface area is 164 Å². The van der Waals surface area contributed by atoms with E-state index in [9.17, 15) is 4.39 Å². The summed E-state index contributed by atoms with van der Waals surface area (Å²) in [6.07, 6.45) is 0. The Morgan fingerprint density at radius 3 is 2.86 bits per heavy atom. The normalized spacial score (nSPS) is 13.8. The fourth-order valence-corrected chi connectivity index (χ4v) is 3.58. The molecule has 2 aromatic carbocycles. The summed E-state index contributed by atoms with van der Waals surface area (Å²) in [7, 11) is 0. The van der Waals surface area contributed by atoms with Gasteiger partial charge in [-0.25, -0.2) is 14.1 Å². The molecule has 2 aromatic heterocycles. The van der Waals surface area contributed by atoms with Crippen molar-refractivity contribution in [1.82, 2.24) is 20.0 Å². The van der Waals surface area contributed by atoms with Crippen LogP contribution < -0.4 is 5.32 Å². The van der Waals surface area contributed by atoms with E-state index < -0.39 is 0 Å². The van der Waals surface area contributed by atoms with Gasteiger partial charge in [-0.1, -0.05) is 41.1 Å². The Morgan fingerprint density at radius 2 is 1.93 bits per heavy atom. The number of benzene rings is 2. The van der Waals surface area contributed by atoms with E-state index in [1.807, 2.05) is 36.4 Å². The first-order valence-electron chi connectivity index (χ1n) is 8.79. The Kier molecular flexibility index (Phi) is 4.18. The van der Waals surface area contributed by atoms with Gasteiger partial charge in [-0.05, 0) is 29.8 Å². The summed E-state index contributed by atoms with van der Waals surface area (Å²) < 4.78 is 21.7. The maximum Gasteiger partial charge on any atom is 0.157 e. The number of hydrogen-bond acceptors (Lipinski definition) is 5. The zero-order chi connectivity index (χ0) is 19.1. The second-order valence-corrected chi connectivity index (χ2v) is 6.88. The van der Waals surface area contributed by atoms with Crippen molar-refractivity contribution >= 4 is 28.5 Å². The maximum absolute atomic E-state index is 14.2. The van der Waals surface area contributed by atoms with Crippen LogP contribution in [0.15, 0.2) is 48.5 Å². The molecule has 0 radical (unpaired) electrons. The topological polar surface area (TPSA) is 64.9 Å². The fourth-order valence-electron chi connectivity index (χ4n) is 3.36. The molecule has 5 rings (SSSR count). The molecule has 0 saturated carbocycles. The Balaban J connectivity index is 1.57. The Morgan fingerprint density at radius 1 is 1.07 bits per heavy atom. The molecule has 0 amide bonds. The molecule has 1 aliphatic heterocycles. The molecule has 3 heterocycles. The lowest BCUT2D eigenvalue weighted by atomic mass is 10.1. The number of anilines is 1. The molecule has 0 aliphatic carbocycles. The molecule has 4 aromatic rings. The summed E-state index contributed by atoms with van der Waals surface area (Å²) in [5.74, 6) is 0.295. The van der Waals surface area contributed by atoms with Crippen LogP contribution in [0.3, 0.4) is 0 Å². The van der Waals surface area contributed by atoms with Gasteiger partial charge in [0.1, 0.15) is 22.8 Å². The molecular formula is C20H15ClFN5O. The minimum absolute atomic E-state index is 0.270. The molecule has 0 atom stereocenters. The summed E-state index contributed by atoms with van der Waals surface area (Å²) in [4.78, 5) is 4.49. The number of aromatic nitrogens is 4. The highest BCUT2D eigenvalue weighted by Gasteiger charge is 2.18. The van der Waals surface area contributed by atoms with Crippen LogP contribution in [-0.2, 0) is 24.5 Å². The van der Waals surface area contributed by atoms with Gasteiger partial charge in [-0.3, -0.25) is 0 Å². The van der Waals surface area contributed by atoms with E-state index in [0.29, 0.717) is 36.8 Å². The number of fused-ring (bicyclic) bond motifs is 3. The van der Waals surface area contributed by atoms with Crippen molar-refractivity contribution in [3.63, 3.8) is 0 Å². The quantitative estimate of drug-likeness (QED) is 0.488. The van der Waals surface area contributed by atoms with E-state index in [-0.39, 0.29) is 11.0 Å². The molecule has 6 nitrogen and oxygen atoms in total. The molecule has 0 saturated heterocycles. The predicted octanol–water partition coefficient (Wildman–Crippen LogP) is 4.25. The van der Waals surface area contributed by atoms with E-state index in [1.165, 1.54) is 6.07 Å². The molecule has 1 N–H and O–H groups in total. The summed E-state index contributed by atoms with van der Waals surface area (Å²) in [6, 6.07) is 14.5. The number of rotatable bonds is 1. The standard InChI is InChI=1S/C20H15ClFN5O/c21-19-18(27-17-7-2-1-6-16(17)25-26-27)8-13-11-28-10-12-4-3-5-15(22)14(12)9-23-20(13)24-19/h1-8H,9-11H2,(H,23,24). The second kappa shape index (κ2) is 6.85. The summed E-state index contributed by atoms with van der Waals surface area (Å²) in [6.45, 7) is 0.924. The third kappa shape index (κ3) is 2.89. The monoisotopic (exact) mass is 395 g/mol. The number of nitrogens with zero attached hydrogens (tertiary/aromatic N) is 4. The first-order valence-corrected chi connectivity index (χ1v) is 9.16. The molecular weight excluding hydrogens is 381 g/mol. The molecule has 140 valence electrons. The minimum Gasteiger partial charge on any atom is -0.372 e. The SMILES string of the molecule is Fc1cccc2c1CNc1nc(Cl)c(-n3nnc4ccccc43)cc1COC2. The van der Waals surface area contributed by atoms with Crippen molar-refractivity contribution in [3.05, 3.63) is 76.2 Å². The first kappa shape index (κ1) is 17.1. The van der Waals surface area contributed by atoms with Crippen molar-refractivity contribution in [2.75, 3.05) is 5.32 Å². The van der Waals surface area contributed by atoms with E-state index >= 15 is 0 Å². The Bertz CT molecular complexity index is 1190. The highest BCUT2D eigenvalue weighted by molar-refractivity contribution is 6.31. The highest BCUT2D eigenvalue weighted by atomic mass is 35.5. The molecule has 0 spiro atoms. The van der Waals surface area contributed by atoms with Crippen LogP contribution in [-0.4, -0.2) is 20.0 Å². The highest BCUT2D eigenvalue weighted by Crippen LogP contribution is 2.29. The number of hydrogen-bond donors (Lipinski definition) is 1. The van der Waals surface area contributed by atoms with Crippen molar-refractivity contribution in [2.45, 2.75) is 19.8 Å². The molecule has 0 fully saturated rings. The smallest absolute Gasteiger partial charge is 0.157 e. The molecule has 8 heteroatoms. The van der Waals surface area contributed by atoms with Crippen LogP contribution in [0.1, 0.15) is 16.7 Å². The van der Waals surface area contributed by atoms with Crippen molar-refractivity contribution in [2.24, 2.45) is 0 Å². The van der Waals surface area contributed by atoms with Gasteiger partial charge in [0, 0.05) is 17.7 Å². The van der Waals surface area contributed by atoms with Crippen LogP contribution >= 0.6 is 11.6 Å². The van der Waals surface area contributed by atoms with Gasteiger partial charge in [0.25, 0.3) is 0 Å². The lowest BCUT2D eigenvalue weighted by Crippen LogP contribution is -2.09. The summed E-state index contributed by atoms with van der Waals surface area (Å²) in [5.41, 5.74) is 4.41. The van der Waals surface area contributed by atoms with Crippen molar-refractivity contribution in [3.8, 4) is 5.69 Å². The van der Waals surface area contributed by atoms with Crippen LogP contribution in [0.5, 0.6) is 0 Å². The zero-order valence-corrected chi connectivity index (χ0v) is 15.4. The van der Waals surface area contributed by atoms with Gasteiger partial charge in [0.15, 0.2) is 5.15 Å². The van der Waals surface area contributed by atoms with Crippen molar-refractivity contribution in [1.29, 1.82) is 0 Å². The summed E-state index contributed by atoms with van der Waals surface area (Å²) >= 11 is 6.46. The van der Waals surface area contributed by atoms with E-state index in [0.717, 1.165) is 22.2 Å². The van der Waals surface area contributed by atoms with Gasteiger partial charge < -0.3 is 10.1 Å². The van der Waals surface area contributed by atoms with Crippen molar-refractivity contribution < 1.29 is 9.13 Å². The average Bonchev–Trinajstić information content (AvgIpc) is 3.15. The Hall–Kier alpha value is -3.03. The van der Waals surface area contributed by atoms with E-state index in [2.05, 4.69) is 20.6 Å². The maximum atomic E-state index is 14.2. The van der Waals surface area contributed by atoms with Gasteiger partial charge >= 0.3 is 0 Å². The lowest BCUT2D eigenvalue weighted by Gasteiger charge is -2.13. The number of para-hydroxylation sites is 1. The number of ether oxygens (including phenoxy) is 1. The number of halogens is 2. The van der Waals surface area contributed by atoms with Crippen LogP contribution in [0.4, 0.5) is 10.2 Å². The van der Waals surface area contributed by atoms with Crippen LogP contribution in [0, 0.1) is 5.82 Å². The van der Waals surface area contributed by atoms with E-state index in [1.54, 1.807) is 10.7 Å². The number of pyridine rings is 1. The summed E-state index contributed by atoms with van der Waals surface area (Å²) in [5, 5.41) is 11.8. The predicted molar refractivity (Wildman–Crippen MR) is 104 cm³/mol. The zero-order valence-electron chi connectivity index (χ0n) is 14.7. The van der Waals surface area contributed by atoms with Gasteiger partial charge in [0.05, 0.1) is 18.7 Å². The first-order chi connectivity index (χ1) is 13.7. The average molecular weight is 396 g/mol.